The summed E-state index contributed by atoms with van der Waals surface area (Å²) in [5.74, 6) is 0. The van der Waals surface area contributed by atoms with E-state index in [1.807, 2.05) is 0 Å². The first-order chi connectivity index (χ1) is 10.4. The summed E-state index contributed by atoms with van der Waals surface area (Å²) in [4.78, 5) is 4.67. The zero-order valence-electron chi connectivity index (χ0n) is 14.5. The largest absolute Gasteiger partial charge is 0.396 e. The third-order valence-electron chi connectivity index (χ3n) is 5.50. The zero-order valence-corrected chi connectivity index (χ0v) is 14.5. The molecule has 0 aromatic heterocycles. The van der Waals surface area contributed by atoms with Crippen molar-refractivity contribution in [2.75, 3.05) is 46.0 Å². The number of hydrogen-bond acceptors (Lipinski definition) is 5. The van der Waals surface area contributed by atoms with Crippen LogP contribution >= 0.6 is 0 Å². The molecule has 5 nitrogen and oxygen atoms in total. The minimum Gasteiger partial charge on any atom is -0.396 e. The normalized spacial score (nSPS) is 25.3. The molecule has 0 bridgehead atoms. The van der Waals surface area contributed by atoms with E-state index in [4.69, 9.17) is 4.74 Å². The minimum atomic E-state index is -0.308. The molecular formula is C17H31N3O2. The summed E-state index contributed by atoms with van der Waals surface area (Å²) in [7, 11) is 0. The number of nitriles is 1. The van der Waals surface area contributed by atoms with E-state index in [0.717, 1.165) is 32.6 Å². The number of nitrogens with zero attached hydrogens (tertiary/aromatic N) is 3. The van der Waals surface area contributed by atoms with Crippen molar-refractivity contribution in [3.8, 4) is 6.07 Å². The van der Waals surface area contributed by atoms with Gasteiger partial charge >= 0.3 is 0 Å². The summed E-state index contributed by atoms with van der Waals surface area (Å²) in [5, 5.41) is 18.9. The van der Waals surface area contributed by atoms with Gasteiger partial charge in [0.15, 0.2) is 0 Å². The maximum absolute atomic E-state index is 9.46. The Kier molecular flexibility index (Phi) is 5.50. The van der Waals surface area contributed by atoms with Crippen LogP contribution in [0.25, 0.3) is 0 Å². The smallest absolute Gasteiger partial charge is 0.106 e. The van der Waals surface area contributed by atoms with Gasteiger partial charge in [-0.1, -0.05) is 6.92 Å². The van der Waals surface area contributed by atoms with Crippen molar-refractivity contribution in [3.63, 3.8) is 0 Å². The lowest BCUT2D eigenvalue weighted by Crippen LogP contribution is -2.62. The Morgan fingerprint density at radius 2 is 1.82 bits per heavy atom. The van der Waals surface area contributed by atoms with E-state index < -0.39 is 0 Å². The predicted octanol–water partition coefficient (Wildman–Crippen LogP) is 1.33. The van der Waals surface area contributed by atoms with Crippen molar-refractivity contribution >= 4 is 0 Å². The Morgan fingerprint density at radius 3 is 2.27 bits per heavy atom. The van der Waals surface area contributed by atoms with Gasteiger partial charge in [-0.25, -0.2) is 0 Å². The highest BCUT2D eigenvalue weighted by molar-refractivity contribution is 5.10. The Hall–Kier alpha value is -0.670. The van der Waals surface area contributed by atoms with Gasteiger partial charge in [-0.05, 0) is 27.2 Å². The number of rotatable bonds is 8. The van der Waals surface area contributed by atoms with Gasteiger partial charge in [0.25, 0.3) is 0 Å². The number of hydrogen-bond donors (Lipinski definition) is 1. The Labute approximate surface area is 134 Å². The van der Waals surface area contributed by atoms with Crippen molar-refractivity contribution < 1.29 is 9.84 Å². The molecule has 0 aromatic carbocycles. The van der Waals surface area contributed by atoms with Gasteiger partial charge in [0.2, 0.25) is 0 Å². The number of likely N-dealkylation sites (tertiary alicyclic amines) is 2. The van der Waals surface area contributed by atoms with Crippen molar-refractivity contribution in [3.05, 3.63) is 0 Å². The average molecular weight is 309 g/mol. The van der Waals surface area contributed by atoms with Crippen molar-refractivity contribution in [1.29, 1.82) is 5.26 Å². The van der Waals surface area contributed by atoms with Gasteiger partial charge in [0.1, 0.15) is 5.41 Å². The van der Waals surface area contributed by atoms with Crippen molar-refractivity contribution in [2.45, 2.75) is 46.2 Å². The maximum Gasteiger partial charge on any atom is 0.106 e. The topological polar surface area (TPSA) is 59.7 Å². The summed E-state index contributed by atoms with van der Waals surface area (Å²) in [5.41, 5.74) is -0.203. The van der Waals surface area contributed by atoms with Crippen LogP contribution in [0.5, 0.6) is 0 Å². The lowest BCUT2D eigenvalue weighted by Gasteiger charge is -2.52. The van der Waals surface area contributed by atoms with Crippen molar-refractivity contribution in [2.24, 2.45) is 10.8 Å². The lowest BCUT2D eigenvalue weighted by molar-refractivity contribution is -0.0944. The van der Waals surface area contributed by atoms with Crippen LogP contribution in [0.3, 0.4) is 0 Å². The molecule has 1 unspecified atom stereocenters. The second kappa shape index (κ2) is 6.84. The van der Waals surface area contributed by atoms with Crippen LogP contribution in [0.15, 0.2) is 0 Å². The quantitative estimate of drug-likeness (QED) is 0.733. The van der Waals surface area contributed by atoms with Crippen LogP contribution in [0.4, 0.5) is 0 Å². The molecule has 2 fully saturated rings. The molecule has 2 saturated heterocycles. The van der Waals surface area contributed by atoms with Crippen molar-refractivity contribution in [1.82, 2.24) is 9.80 Å². The molecule has 0 radical (unpaired) electrons. The molecule has 2 aliphatic rings. The first-order valence-corrected chi connectivity index (χ1v) is 8.47. The third-order valence-corrected chi connectivity index (χ3v) is 5.50. The van der Waals surface area contributed by atoms with Crippen LogP contribution in [0.2, 0.25) is 0 Å². The van der Waals surface area contributed by atoms with E-state index in [2.05, 4.69) is 43.6 Å². The fourth-order valence-electron chi connectivity index (χ4n) is 3.38. The first kappa shape index (κ1) is 17.7. The molecule has 5 heteroatoms. The molecule has 0 spiro atoms. The second-order valence-electron chi connectivity index (χ2n) is 7.67. The second-order valence-corrected chi connectivity index (χ2v) is 7.67. The molecule has 0 aromatic rings. The molecule has 0 aliphatic carbocycles. The molecule has 2 heterocycles. The van der Waals surface area contributed by atoms with E-state index in [0.29, 0.717) is 25.3 Å². The Bertz CT molecular complexity index is 401. The van der Waals surface area contributed by atoms with E-state index >= 15 is 0 Å². The van der Waals surface area contributed by atoms with Crippen LogP contribution in [-0.2, 0) is 4.74 Å². The summed E-state index contributed by atoms with van der Waals surface area (Å²) < 4.78 is 5.86. The van der Waals surface area contributed by atoms with Gasteiger partial charge in [-0.2, -0.15) is 5.26 Å². The van der Waals surface area contributed by atoms with Gasteiger partial charge in [-0.3, -0.25) is 9.80 Å². The molecule has 0 amide bonds. The van der Waals surface area contributed by atoms with Gasteiger partial charge in [0, 0.05) is 43.7 Å². The molecule has 1 N–H and O–H groups in total. The van der Waals surface area contributed by atoms with Crippen LogP contribution in [-0.4, -0.2) is 73.0 Å². The summed E-state index contributed by atoms with van der Waals surface area (Å²) in [6, 6.07) is 3.30. The highest BCUT2D eigenvalue weighted by atomic mass is 16.5. The highest BCUT2D eigenvalue weighted by Gasteiger charge is 2.45. The van der Waals surface area contributed by atoms with Gasteiger partial charge in [-0.15, -0.1) is 0 Å². The SMILES string of the molecule is CCC1(CO)CN(C(C)COCC2(C#N)CN(C(C)C)C2)C1. The Balaban J connectivity index is 1.68. The minimum absolute atomic E-state index is 0.105. The number of ether oxygens (including phenoxy) is 1. The predicted molar refractivity (Wildman–Crippen MR) is 86.4 cm³/mol. The fraction of sp³-hybridized carbons (Fsp3) is 0.941. The molecule has 0 saturated carbocycles. The monoisotopic (exact) mass is 309 g/mol. The summed E-state index contributed by atoms with van der Waals surface area (Å²) in [6.07, 6.45) is 1.02. The summed E-state index contributed by atoms with van der Waals surface area (Å²) >= 11 is 0. The van der Waals surface area contributed by atoms with Crippen LogP contribution < -0.4 is 0 Å². The zero-order chi connectivity index (χ0) is 16.4. The van der Waals surface area contributed by atoms with Gasteiger partial charge < -0.3 is 9.84 Å². The lowest BCUT2D eigenvalue weighted by atomic mass is 9.77. The molecule has 22 heavy (non-hydrogen) atoms. The third kappa shape index (κ3) is 3.46. The van der Waals surface area contributed by atoms with E-state index in [1.165, 1.54) is 0 Å². The van der Waals surface area contributed by atoms with E-state index in [-0.39, 0.29) is 17.4 Å². The van der Waals surface area contributed by atoms with Crippen LogP contribution in [0.1, 0.15) is 34.1 Å². The highest BCUT2D eigenvalue weighted by Crippen LogP contribution is 2.35. The molecule has 2 aliphatic heterocycles. The van der Waals surface area contributed by atoms with Gasteiger partial charge in [0.05, 0.1) is 25.9 Å². The first-order valence-electron chi connectivity index (χ1n) is 8.47. The number of aliphatic hydroxyl groups excluding tert-OH is 1. The number of aliphatic hydroxyl groups is 1. The average Bonchev–Trinajstić information content (AvgIpc) is 2.41. The fourth-order valence-corrected chi connectivity index (χ4v) is 3.38. The molecule has 1 atom stereocenters. The van der Waals surface area contributed by atoms with Crippen LogP contribution in [0, 0.1) is 22.2 Å². The maximum atomic E-state index is 9.46. The molecule has 126 valence electrons. The standard InChI is InChI=1S/C17H31N3O2/c1-5-16(12-21)8-20(9-16)15(4)6-22-13-17(7-18)10-19(11-17)14(2)3/h14-15,21H,5-6,8-13H2,1-4H3. The molecular weight excluding hydrogens is 278 g/mol. The van der Waals surface area contributed by atoms with E-state index in [9.17, 15) is 10.4 Å². The molecule has 2 rings (SSSR count). The van der Waals surface area contributed by atoms with E-state index in [1.54, 1.807) is 0 Å². The summed E-state index contributed by atoms with van der Waals surface area (Å²) in [6.45, 7) is 13.6. The Morgan fingerprint density at radius 1 is 1.18 bits per heavy atom.